The number of nitrogens with zero attached hydrogens (tertiary/aromatic N) is 1. The van der Waals surface area contributed by atoms with Gasteiger partial charge in [-0.1, -0.05) is 0 Å². The first kappa shape index (κ1) is 15.6. The Bertz CT molecular complexity index is 703. The number of sulfonamides is 1. The second kappa shape index (κ2) is 5.91. The molecule has 0 aliphatic heterocycles. The molecule has 1 N–H and O–H groups in total. The van der Waals surface area contributed by atoms with Gasteiger partial charge in [0.2, 0.25) is 10.0 Å². The maximum absolute atomic E-state index is 12.0. The number of furan rings is 1. The summed E-state index contributed by atoms with van der Waals surface area (Å²) in [6.07, 6.45) is 0. The van der Waals surface area contributed by atoms with Gasteiger partial charge in [-0.05, 0) is 50.2 Å². The predicted octanol–water partition coefficient (Wildman–Crippen LogP) is 3.01. The van der Waals surface area contributed by atoms with E-state index in [0.717, 1.165) is 17.2 Å². The lowest BCUT2D eigenvalue weighted by molar-refractivity contribution is 0.467. The normalized spacial score (nSPS) is 13.4. The molecule has 6 heteroatoms. The van der Waals surface area contributed by atoms with Crippen molar-refractivity contribution in [3.8, 4) is 0 Å². The summed E-state index contributed by atoms with van der Waals surface area (Å²) in [5.74, 6) is 1.71. The molecule has 0 fully saturated rings. The molecule has 1 atom stereocenters. The zero-order chi connectivity index (χ0) is 15.6. The maximum atomic E-state index is 12.0. The van der Waals surface area contributed by atoms with Crippen LogP contribution in [0, 0.1) is 6.92 Å². The molecule has 0 radical (unpaired) electrons. The molecule has 0 aliphatic rings. The fourth-order valence-corrected chi connectivity index (χ4v) is 2.84. The lowest BCUT2D eigenvalue weighted by Gasteiger charge is -2.15. The van der Waals surface area contributed by atoms with Crippen molar-refractivity contribution in [2.45, 2.75) is 24.8 Å². The highest BCUT2D eigenvalue weighted by molar-refractivity contribution is 7.89. The van der Waals surface area contributed by atoms with Crippen LogP contribution in [0.2, 0.25) is 0 Å². The summed E-state index contributed by atoms with van der Waals surface area (Å²) >= 11 is 0. The molecule has 1 aromatic carbocycles. The summed E-state index contributed by atoms with van der Waals surface area (Å²) in [6, 6.07) is 10.5. The molecule has 0 amide bonds. The van der Waals surface area contributed by atoms with Crippen LogP contribution in [0.5, 0.6) is 0 Å². The fourth-order valence-electron chi connectivity index (χ4n) is 1.94. The SMILES string of the molecule is Cc1ccc(C(C)Nc2ccc(S(=O)(=O)N(C)C)cc2)o1. The van der Waals surface area contributed by atoms with E-state index in [1.165, 1.54) is 18.4 Å². The van der Waals surface area contributed by atoms with E-state index in [1.807, 2.05) is 26.0 Å². The summed E-state index contributed by atoms with van der Waals surface area (Å²) in [6.45, 7) is 3.89. The van der Waals surface area contributed by atoms with Crippen molar-refractivity contribution in [2.24, 2.45) is 0 Å². The van der Waals surface area contributed by atoms with Gasteiger partial charge in [0, 0.05) is 19.8 Å². The molecular formula is C15H20N2O3S. The Kier molecular flexibility index (Phi) is 4.39. The summed E-state index contributed by atoms with van der Waals surface area (Å²) < 4.78 is 30.7. The maximum Gasteiger partial charge on any atom is 0.242 e. The van der Waals surface area contributed by atoms with Crippen LogP contribution in [0.25, 0.3) is 0 Å². The van der Waals surface area contributed by atoms with Gasteiger partial charge in [0.05, 0.1) is 10.9 Å². The molecule has 114 valence electrons. The highest BCUT2D eigenvalue weighted by Crippen LogP contribution is 2.22. The smallest absolute Gasteiger partial charge is 0.242 e. The minimum atomic E-state index is -3.38. The summed E-state index contributed by atoms with van der Waals surface area (Å²) in [5, 5.41) is 3.28. The monoisotopic (exact) mass is 308 g/mol. The third-order valence-corrected chi connectivity index (χ3v) is 5.03. The van der Waals surface area contributed by atoms with E-state index in [-0.39, 0.29) is 10.9 Å². The van der Waals surface area contributed by atoms with Crippen molar-refractivity contribution in [1.29, 1.82) is 0 Å². The average molecular weight is 308 g/mol. The standard InChI is InChI=1S/C15H20N2O3S/c1-11-5-10-15(20-11)12(2)16-13-6-8-14(9-7-13)21(18,19)17(3)4/h5-10,12,16H,1-4H3. The Balaban J connectivity index is 2.13. The van der Waals surface area contributed by atoms with Crippen molar-refractivity contribution in [1.82, 2.24) is 4.31 Å². The lowest BCUT2D eigenvalue weighted by atomic mass is 10.2. The number of hydrogen-bond acceptors (Lipinski definition) is 4. The highest BCUT2D eigenvalue weighted by atomic mass is 32.2. The van der Waals surface area contributed by atoms with Gasteiger partial charge < -0.3 is 9.73 Å². The van der Waals surface area contributed by atoms with Crippen molar-refractivity contribution in [3.05, 3.63) is 47.9 Å². The van der Waals surface area contributed by atoms with Crippen LogP contribution < -0.4 is 5.32 Å². The van der Waals surface area contributed by atoms with E-state index < -0.39 is 10.0 Å². The van der Waals surface area contributed by atoms with Crippen molar-refractivity contribution >= 4 is 15.7 Å². The molecular weight excluding hydrogens is 288 g/mol. The number of rotatable bonds is 5. The van der Waals surface area contributed by atoms with Crippen LogP contribution in [0.4, 0.5) is 5.69 Å². The molecule has 1 aromatic heterocycles. The van der Waals surface area contributed by atoms with Crippen molar-refractivity contribution in [3.63, 3.8) is 0 Å². The van der Waals surface area contributed by atoms with E-state index >= 15 is 0 Å². The Hall–Kier alpha value is -1.79. The van der Waals surface area contributed by atoms with Crippen LogP contribution in [-0.4, -0.2) is 26.8 Å². The van der Waals surface area contributed by atoms with Gasteiger partial charge in [0.15, 0.2) is 0 Å². The van der Waals surface area contributed by atoms with Crippen LogP contribution in [-0.2, 0) is 10.0 Å². The molecule has 0 aliphatic carbocycles. The van der Waals surface area contributed by atoms with E-state index in [9.17, 15) is 8.42 Å². The Labute approximate surface area is 125 Å². The Morgan fingerprint density at radius 2 is 1.71 bits per heavy atom. The first-order valence-electron chi connectivity index (χ1n) is 6.66. The number of anilines is 1. The highest BCUT2D eigenvalue weighted by Gasteiger charge is 2.17. The Morgan fingerprint density at radius 3 is 2.19 bits per heavy atom. The molecule has 2 rings (SSSR count). The lowest BCUT2D eigenvalue weighted by Crippen LogP contribution is -2.22. The summed E-state index contributed by atoms with van der Waals surface area (Å²) in [4.78, 5) is 0.277. The second-order valence-corrected chi connectivity index (χ2v) is 7.28. The van der Waals surface area contributed by atoms with E-state index in [4.69, 9.17) is 4.42 Å². The number of hydrogen-bond donors (Lipinski definition) is 1. The van der Waals surface area contributed by atoms with Gasteiger partial charge in [0.1, 0.15) is 11.5 Å². The van der Waals surface area contributed by atoms with E-state index in [1.54, 1.807) is 24.3 Å². The van der Waals surface area contributed by atoms with Gasteiger partial charge >= 0.3 is 0 Å². The van der Waals surface area contributed by atoms with Crippen LogP contribution in [0.3, 0.4) is 0 Å². The van der Waals surface area contributed by atoms with Gasteiger partial charge in [-0.15, -0.1) is 0 Å². The molecule has 0 saturated carbocycles. The van der Waals surface area contributed by atoms with Gasteiger partial charge in [-0.25, -0.2) is 12.7 Å². The van der Waals surface area contributed by atoms with Crippen molar-refractivity contribution < 1.29 is 12.8 Å². The topological polar surface area (TPSA) is 62.6 Å². The molecule has 1 heterocycles. The minimum Gasteiger partial charge on any atom is -0.464 e. The van der Waals surface area contributed by atoms with Gasteiger partial charge in [-0.3, -0.25) is 0 Å². The largest absolute Gasteiger partial charge is 0.464 e. The van der Waals surface area contributed by atoms with Gasteiger partial charge in [-0.2, -0.15) is 0 Å². The zero-order valence-electron chi connectivity index (χ0n) is 12.6. The van der Waals surface area contributed by atoms with Crippen LogP contribution >= 0.6 is 0 Å². The second-order valence-electron chi connectivity index (χ2n) is 5.13. The third kappa shape index (κ3) is 3.46. The molecule has 1 unspecified atom stereocenters. The number of nitrogens with one attached hydrogen (secondary N) is 1. The number of aryl methyl sites for hydroxylation is 1. The fraction of sp³-hybridized carbons (Fsp3) is 0.333. The minimum absolute atomic E-state index is 0.00926. The first-order chi connectivity index (χ1) is 9.80. The molecule has 0 saturated heterocycles. The molecule has 5 nitrogen and oxygen atoms in total. The first-order valence-corrected chi connectivity index (χ1v) is 8.10. The molecule has 0 bridgehead atoms. The average Bonchev–Trinajstić information content (AvgIpc) is 2.86. The molecule has 0 spiro atoms. The number of benzene rings is 1. The van der Waals surface area contributed by atoms with Crippen LogP contribution in [0.15, 0.2) is 45.7 Å². The molecule has 21 heavy (non-hydrogen) atoms. The molecule has 2 aromatic rings. The zero-order valence-corrected chi connectivity index (χ0v) is 13.4. The quantitative estimate of drug-likeness (QED) is 0.922. The summed E-state index contributed by atoms with van der Waals surface area (Å²) in [7, 11) is -0.351. The summed E-state index contributed by atoms with van der Waals surface area (Å²) in [5.41, 5.74) is 0.842. The van der Waals surface area contributed by atoms with Gasteiger partial charge in [0.25, 0.3) is 0 Å². The van der Waals surface area contributed by atoms with E-state index in [2.05, 4.69) is 5.32 Å². The predicted molar refractivity (Wildman–Crippen MR) is 82.8 cm³/mol. The van der Waals surface area contributed by atoms with Crippen LogP contribution in [0.1, 0.15) is 24.5 Å². The van der Waals surface area contributed by atoms with E-state index in [0.29, 0.717) is 0 Å². The Morgan fingerprint density at radius 1 is 1.10 bits per heavy atom. The van der Waals surface area contributed by atoms with Crippen molar-refractivity contribution in [2.75, 3.05) is 19.4 Å². The third-order valence-electron chi connectivity index (χ3n) is 3.20.